The van der Waals surface area contributed by atoms with E-state index in [1.54, 1.807) is 0 Å². The summed E-state index contributed by atoms with van der Waals surface area (Å²) >= 11 is 2.31. The van der Waals surface area contributed by atoms with Gasteiger partial charge in [-0.2, -0.15) is 5.26 Å². The van der Waals surface area contributed by atoms with E-state index in [1.165, 1.54) is 8.96 Å². The van der Waals surface area contributed by atoms with Gasteiger partial charge in [0.1, 0.15) is 11.8 Å². The molecule has 0 aromatic heterocycles. The molecular weight excluding hydrogens is 325 g/mol. The fraction of sp³-hybridized carbons (Fsp3) is 0.214. The first-order valence-corrected chi connectivity index (χ1v) is 6.57. The molecule has 0 bridgehead atoms. The Labute approximate surface area is 114 Å². The number of ether oxygens (including phenoxy) is 1. The Morgan fingerprint density at radius 1 is 1.24 bits per heavy atom. The van der Waals surface area contributed by atoms with Crippen LogP contribution in [0.1, 0.15) is 13.3 Å². The van der Waals surface area contributed by atoms with E-state index in [0.717, 1.165) is 11.1 Å². The van der Waals surface area contributed by atoms with Crippen LogP contribution < -0.4 is 4.74 Å². The van der Waals surface area contributed by atoms with Crippen molar-refractivity contribution in [2.75, 3.05) is 0 Å². The fourth-order valence-corrected chi connectivity index (χ4v) is 2.38. The van der Waals surface area contributed by atoms with Gasteiger partial charge in [-0.3, -0.25) is 0 Å². The third-order valence-corrected chi connectivity index (χ3v) is 3.55. The van der Waals surface area contributed by atoms with Crippen molar-refractivity contribution >= 4 is 33.4 Å². The molecule has 17 heavy (non-hydrogen) atoms. The van der Waals surface area contributed by atoms with E-state index < -0.39 is 0 Å². The van der Waals surface area contributed by atoms with Crippen LogP contribution in [-0.4, -0.2) is 6.10 Å². The highest BCUT2D eigenvalue weighted by Gasteiger charge is 2.09. The van der Waals surface area contributed by atoms with Crippen molar-refractivity contribution in [3.05, 3.63) is 40.0 Å². The number of rotatable bonds is 3. The topological polar surface area (TPSA) is 33.0 Å². The fourth-order valence-electron chi connectivity index (χ4n) is 1.70. The van der Waals surface area contributed by atoms with Crippen LogP contribution in [0.25, 0.3) is 10.8 Å². The zero-order valence-corrected chi connectivity index (χ0v) is 11.6. The molecule has 86 valence electrons. The minimum atomic E-state index is -0.376. The normalized spacial score (nSPS) is 12.1. The van der Waals surface area contributed by atoms with Crippen LogP contribution >= 0.6 is 22.6 Å². The molecule has 0 N–H and O–H groups in total. The average Bonchev–Trinajstić information content (AvgIpc) is 2.37. The molecule has 2 nitrogen and oxygen atoms in total. The monoisotopic (exact) mass is 337 g/mol. The Morgan fingerprint density at radius 2 is 1.94 bits per heavy atom. The summed E-state index contributed by atoms with van der Waals surface area (Å²) < 4.78 is 6.91. The summed E-state index contributed by atoms with van der Waals surface area (Å²) in [5.74, 6) is 0.786. The number of hydrogen-bond acceptors (Lipinski definition) is 2. The van der Waals surface area contributed by atoms with Gasteiger partial charge in [-0.1, -0.05) is 31.2 Å². The Bertz CT molecular complexity index is 574. The lowest BCUT2D eigenvalue weighted by Crippen LogP contribution is -2.12. The number of fused-ring (bicyclic) bond motifs is 1. The Hall–Kier alpha value is -1.28. The van der Waals surface area contributed by atoms with Gasteiger partial charge < -0.3 is 4.74 Å². The zero-order chi connectivity index (χ0) is 12.3. The first-order chi connectivity index (χ1) is 8.26. The van der Waals surface area contributed by atoms with Crippen LogP contribution in [0.5, 0.6) is 5.75 Å². The summed E-state index contributed by atoms with van der Waals surface area (Å²) in [6, 6.07) is 14.2. The molecule has 0 radical (unpaired) electrons. The molecule has 0 saturated carbocycles. The Balaban J connectivity index is 2.48. The van der Waals surface area contributed by atoms with E-state index in [1.807, 2.05) is 31.2 Å². The molecule has 0 spiro atoms. The van der Waals surface area contributed by atoms with Gasteiger partial charge in [0.05, 0.1) is 0 Å². The van der Waals surface area contributed by atoms with Crippen molar-refractivity contribution in [1.82, 2.24) is 0 Å². The van der Waals surface area contributed by atoms with E-state index in [0.29, 0.717) is 6.42 Å². The molecular formula is C14H12INO. The molecule has 1 unspecified atom stereocenters. The first-order valence-electron chi connectivity index (χ1n) is 5.49. The summed E-state index contributed by atoms with van der Waals surface area (Å²) in [7, 11) is 0. The van der Waals surface area contributed by atoms with E-state index >= 15 is 0 Å². The summed E-state index contributed by atoms with van der Waals surface area (Å²) in [5, 5.41) is 11.2. The molecule has 0 aliphatic rings. The predicted molar refractivity (Wildman–Crippen MR) is 77.0 cm³/mol. The lowest BCUT2D eigenvalue weighted by atomic mass is 10.1. The molecule has 0 aliphatic carbocycles. The predicted octanol–water partition coefficient (Wildman–Crippen LogP) is 4.13. The molecule has 2 rings (SSSR count). The second-order valence-electron chi connectivity index (χ2n) is 3.73. The maximum Gasteiger partial charge on any atom is 0.184 e. The molecule has 3 heteroatoms. The second-order valence-corrected chi connectivity index (χ2v) is 4.90. The summed E-state index contributed by atoms with van der Waals surface area (Å²) in [5.41, 5.74) is 0. The van der Waals surface area contributed by atoms with Gasteiger partial charge in [0.25, 0.3) is 0 Å². The molecule has 0 heterocycles. The van der Waals surface area contributed by atoms with E-state index in [9.17, 15) is 0 Å². The smallest absolute Gasteiger partial charge is 0.184 e. The third-order valence-electron chi connectivity index (χ3n) is 2.61. The van der Waals surface area contributed by atoms with E-state index in [2.05, 4.69) is 40.8 Å². The first kappa shape index (κ1) is 12.2. The van der Waals surface area contributed by atoms with E-state index in [-0.39, 0.29) is 6.10 Å². The highest BCUT2D eigenvalue weighted by molar-refractivity contribution is 14.1. The van der Waals surface area contributed by atoms with E-state index in [4.69, 9.17) is 10.00 Å². The van der Waals surface area contributed by atoms with Crippen molar-refractivity contribution < 1.29 is 4.74 Å². The van der Waals surface area contributed by atoms with Gasteiger partial charge in [0.15, 0.2) is 6.10 Å². The molecule has 1 atom stereocenters. The van der Waals surface area contributed by atoms with Gasteiger partial charge in [-0.15, -0.1) is 0 Å². The number of hydrogen-bond donors (Lipinski definition) is 0. The quantitative estimate of drug-likeness (QED) is 0.789. The van der Waals surface area contributed by atoms with Gasteiger partial charge in [0.2, 0.25) is 0 Å². The van der Waals surface area contributed by atoms with Crippen molar-refractivity contribution in [1.29, 1.82) is 5.26 Å². The Kier molecular flexibility index (Phi) is 3.85. The standard InChI is InChI=1S/C14H12INO/c1-2-10(9-16)17-14-8-4-5-11-12(14)6-3-7-13(11)15/h3-8,10H,2H2,1H3. The zero-order valence-electron chi connectivity index (χ0n) is 9.48. The molecule has 0 fully saturated rings. The summed E-state index contributed by atoms with van der Waals surface area (Å²) in [6.07, 6.45) is 0.315. The Morgan fingerprint density at radius 3 is 2.65 bits per heavy atom. The van der Waals surface area contributed by atoms with Gasteiger partial charge in [-0.05, 0) is 46.5 Å². The van der Waals surface area contributed by atoms with Crippen LogP contribution in [-0.2, 0) is 0 Å². The van der Waals surface area contributed by atoms with Gasteiger partial charge in [0, 0.05) is 8.96 Å². The summed E-state index contributed by atoms with van der Waals surface area (Å²) in [6.45, 7) is 1.95. The number of nitrogens with zero attached hydrogens (tertiary/aromatic N) is 1. The summed E-state index contributed by atoms with van der Waals surface area (Å²) in [4.78, 5) is 0. The van der Waals surface area contributed by atoms with Crippen LogP contribution in [0, 0.1) is 14.9 Å². The minimum Gasteiger partial charge on any atom is -0.475 e. The van der Waals surface area contributed by atoms with Crippen LogP contribution in [0.3, 0.4) is 0 Å². The van der Waals surface area contributed by atoms with Crippen molar-refractivity contribution in [2.24, 2.45) is 0 Å². The SMILES string of the molecule is CCC(C#N)Oc1cccc2c(I)cccc12. The molecule has 2 aromatic rings. The largest absolute Gasteiger partial charge is 0.475 e. The number of nitriles is 1. The van der Waals surface area contributed by atoms with Crippen molar-refractivity contribution in [3.63, 3.8) is 0 Å². The third kappa shape index (κ3) is 2.52. The van der Waals surface area contributed by atoms with Crippen molar-refractivity contribution in [2.45, 2.75) is 19.4 Å². The lowest BCUT2D eigenvalue weighted by Gasteiger charge is -2.13. The van der Waals surface area contributed by atoms with Gasteiger partial charge >= 0.3 is 0 Å². The highest BCUT2D eigenvalue weighted by Crippen LogP contribution is 2.29. The highest BCUT2D eigenvalue weighted by atomic mass is 127. The minimum absolute atomic E-state index is 0.376. The maximum atomic E-state index is 8.94. The average molecular weight is 337 g/mol. The second kappa shape index (κ2) is 5.37. The van der Waals surface area contributed by atoms with Crippen molar-refractivity contribution in [3.8, 4) is 11.8 Å². The number of benzene rings is 2. The molecule has 0 saturated heterocycles. The van der Waals surface area contributed by atoms with Crippen LogP contribution in [0.15, 0.2) is 36.4 Å². The van der Waals surface area contributed by atoms with Crippen LogP contribution in [0.4, 0.5) is 0 Å². The van der Waals surface area contributed by atoms with Crippen LogP contribution in [0.2, 0.25) is 0 Å². The van der Waals surface area contributed by atoms with Gasteiger partial charge in [-0.25, -0.2) is 0 Å². The molecule has 2 aromatic carbocycles. The number of halogens is 1. The molecule has 0 aliphatic heterocycles. The lowest BCUT2D eigenvalue weighted by molar-refractivity contribution is 0.255. The maximum absolute atomic E-state index is 8.94. The molecule has 0 amide bonds.